The van der Waals surface area contributed by atoms with Crippen LogP contribution in [0.2, 0.25) is 5.02 Å². The van der Waals surface area contributed by atoms with Crippen molar-refractivity contribution in [3.8, 4) is 17.0 Å². The second-order valence-electron chi connectivity index (χ2n) is 5.36. The van der Waals surface area contributed by atoms with Crippen LogP contribution in [-0.4, -0.2) is 40.9 Å². The third-order valence-electron chi connectivity index (χ3n) is 3.90. The van der Waals surface area contributed by atoms with Crippen LogP contribution in [0.1, 0.15) is 12.8 Å². The van der Waals surface area contributed by atoms with Crippen LogP contribution in [0.5, 0.6) is 5.75 Å². The van der Waals surface area contributed by atoms with E-state index in [-0.39, 0.29) is 0 Å². The van der Waals surface area contributed by atoms with Gasteiger partial charge in [-0.1, -0.05) is 23.7 Å². The molecule has 1 aromatic carbocycles. The van der Waals surface area contributed by atoms with Gasteiger partial charge in [0, 0.05) is 19.2 Å². The number of rotatable bonds is 5. The fourth-order valence-corrected chi connectivity index (χ4v) is 3.06. The Labute approximate surface area is 130 Å². The second-order valence-corrected chi connectivity index (χ2v) is 5.77. The van der Waals surface area contributed by atoms with Crippen molar-refractivity contribution in [3.05, 3.63) is 35.5 Å². The van der Waals surface area contributed by atoms with Crippen LogP contribution in [0.15, 0.2) is 30.5 Å². The molecule has 112 valence electrons. The topological polar surface area (TPSA) is 30.3 Å². The summed E-state index contributed by atoms with van der Waals surface area (Å²) in [4.78, 5) is 2.44. The number of ether oxygens (including phenoxy) is 1. The van der Waals surface area contributed by atoms with Crippen molar-refractivity contribution in [1.29, 1.82) is 0 Å². The lowest BCUT2D eigenvalue weighted by Crippen LogP contribution is -2.25. The molecule has 0 saturated carbocycles. The Hall–Kier alpha value is -1.52. The number of para-hydroxylation sites is 1. The van der Waals surface area contributed by atoms with Gasteiger partial charge in [0.1, 0.15) is 12.4 Å². The summed E-state index contributed by atoms with van der Waals surface area (Å²) in [7, 11) is 1.89. The minimum atomic E-state index is 0.646. The van der Waals surface area contributed by atoms with Crippen LogP contribution < -0.4 is 4.74 Å². The van der Waals surface area contributed by atoms with Crippen molar-refractivity contribution >= 4 is 11.6 Å². The smallest absolute Gasteiger partial charge is 0.128 e. The lowest BCUT2D eigenvalue weighted by molar-refractivity contribution is 0.238. The molecule has 1 fully saturated rings. The molecule has 3 rings (SSSR count). The van der Waals surface area contributed by atoms with E-state index in [4.69, 9.17) is 16.3 Å². The molecule has 5 heteroatoms. The van der Waals surface area contributed by atoms with Gasteiger partial charge in [0.25, 0.3) is 0 Å². The maximum Gasteiger partial charge on any atom is 0.128 e. The summed E-state index contributed by atoms with van der Waals surface area (Å²) in [5.41, 5.74) is 1.89. The predicted octanol–water partition coefficient (Wildman–Crippen LogP) is 3.22. The van der Waals surface area contributed by atoms with Crippen LogP contribution in [-0.2, 0) is 7.05 Å². The molecule has 0 atom stereocenters. The summed E-state index contributed by atoms with van der Waals surface area (Å²) >= 11 is 6.24. The highest BCUT2D eigenvalue weighted by Crippen LogP contribution is 2.34. The Balaban J connectivity index is 1.73. The van der Waals surface area contributed by atoms with E-state index in [9.17, 15) is 0 Å². The highest BCUT2D eigenvalue weighted by atomic mass is 35.5. The maximum atomic E-state index is 6.24. The predicted molar refractivity (Wildman–Crippen MR) is 84.8 cm³/mol. The Morgan fingerprint density at radius 2 is 2.00 bits per heavy atom. The van der Waals surface area contributed by atoms with Gasteiger partial charge in [-0.25, -0.2) is 0 Å². The number of nitrogens with zero attached hydrogens (tertiary/aromatic N) is 3. The number of aromatic nitrogens is 2. The standard InChI is InChI=1S/C16H20ClN3O/c1-19-16(14(17)12-18-19)13-6-2-3-7-15(13)21-11-10-20-8-4-5-9-20/h2-3,6-7,12H,4-5,8-11H2,1H3. The molecule has 1 aliphatic rings. The molecular weight excluding hydrogens is 286 g/mol. The van der Waals surface area contributed by atoms with E-state index in [1.165, 1.54) is 25.9 Å². The Kier molecular flexibility index (Phi) is 4.46. The quantitative estimate of drug-likeness (QED) is 0.849. The minimum absolute atomic E-state index is 0.646. The average molecular weight is 306 g/mol. The minimum Gasteiger partial charge on any atom is -0.492 e. The molecule has 0 aliphatic carbocycles. The SMILES string of the molecule is Cn1ncc(Cl)c1-c1ccccc1OCCN1CCCC1. The van der Waals surface area contributed by atoms with Gasteiger partial charge in [0.2, 0.25) is 0 Å². The Morgan fingerprint density at radius 1 is 1.24 bits per heavy atom. The van der Waals surface area contributed by atoms with Crippen LogP contribution in [0.3, 0.4) is 0 Å². The van der Waals surface area contributed by atoms with Gasteiger partial charge >= 0.3 is 0 Å². The molecule has 1 aromatic heterocycles. The highest BCUT2D eigenvalue weighted by molar-refractivity contribution is 6.33. The lowest BCUT2D eigenvalue weighted by Gasteiger charge is -2.16. The fraction of sp³-hybridized carbons (Fsp3) is 0.438. The monoisotopic (exact) mass is 305 g/mol. The van der Waals surface area contributed by atoms with Crippen LogP contribution >= 0.6 is 11.6 Å². The largest absolute Gasteiger partial charge is 0.492 e. The summed E-state index contributed by atoms with van der Waals surface area (Å²) in [5.74, 6) is 0.863. The first-order valence-electron chi connectivity index (χ1n) is 7.38. The summed E-state index contributed by atoms with van der Waals surface area (Å²) in [5, 5.41) is 4.84. The zero-order chi connectivity index (χ0) is 14.7. The van der Waals surface area contributed by atoms with Crippen molar-refractivity contribution in [2.75, 3.05) is 26.2 Å². The van der Waals surface area contributed by atoms with Crippen LogP contribution in [0.25, 0.3) is 11.3 Å². The molecule has 0 spiro atoms. The van der Waals surface area contributed by atoms with Gasteiger partial charge in [-0.3, -0.25) is 9.58 Å². The van der Waals surface area contributed by atoms with E-state index in [2.05, 4.69) is 10.00 Å². The average Bonchev–Trinajstić information content (AvgIpc) is 3.10. The first-order chi connectivity index (χ1) is 10.3. The number of benzene rings is 1. The molecule has 21 heavy (non-hydrogen) atoms. The van der Waals surface area contributed by atoms with Crippen molar-refractivity contribution in [2.24, 2.45) is 7.05 Å². The molecule has 2 aromatic rings. The van der Waals surface area contributed by atoms with Crippen molar-refractivity contribution in [1.82, 2.24) is 14.7 Å². The molecular formula is C16H20ClN3O. The molecule has 0 bridgehead atoms. The van der Waals surface area contributed by atoms with E-state index in [0.717, 1.165) is 23.6 Å². The third kappa shape index (κ3) is 3.22. The van der Waals surface area contributed by atoms with Crippen molar-refractivity contribution < 1.29 is 4.74 Å². The number of hydrogen-bond donors (Lipinski definition) is 0. The molecule has 0 radical (unpaired) electrons. The van der Waals surface area contributed by atoms with Gasteiger partial charge in [-0.05, 0) is 38.1 Å². The molecule has 2 heterocycles. The zero-order valence-corrected chi connectivity index (χ0v) is 13.0. The van der Waals surface area contributed by atoms with E-state index in [1.807, 2.05) is 31.3 Å². The van der Waals surface area contributed by atoms with E-state index in [1.54, 1.807) is 10.9 Å². The maximum absolute atomic E-state index is 6.24. The molecule has 1 saturated heterocycles. The lowest BCUT2D eigenvalue weighted by atomic mass is 10.1. The van der Waals surface area contributed by atoms with Gasteiger partial charge in [-0.2, -0.15) is 5.10 Å². The second kappa shape index (κ2) is 6.50. The van der Waals surface area contributed by atoms with E-state index in [0.29, 0.717) is 11.6 Å². The van der Waals surface area contributed by atoms with Gasteiger partial charge in [0.05, 0.1) is 16.9 Å². The van der Waals surface area contributed by atoms with Gasteiger partial charge < -0.3 is 4.74 Å². The molecule has 0 N–H and O–H groups in total. The molecule has 0 unspecified atom stereocenters. The first kappa shape index (κ1) is 14.4. The number of likely N-dealkylation sites (tertiary alicyclic amines) is 1. The summed E-state index contributed by atoms with van der Waals surface area (Å²) < 4.78 is 7.77. The molecule has 1 aliphatic heterocycles. The van der Waals surface area contributed by atoms with E-state index >= 15 is 0 Å². The number of hydrogen-bond acceptors (Lipinski definition) is 3. The van der Waals surface area contributed by atoms with Crippen molar-refractivity contribution in [2.45, 2.75) is 12.8 Å². The first-order valence-corrected chi connectivity index (χ1v) is 7.75. The normalized spacial score (nSPS) is 15.5. The molecule has 4 nitrogen and oxygen atoms in total. The third-order valence-corrected chi connectivity index (χ3v) is 4.18. The summed E-state index contributed by atoms with van der Waals surface area (Å²) in [6.07, 6.45) is 4.28. The van der Waals surface area contributed by atoms with Crippen molar-refractivity contribution in [3.63, 3.8) is 0 Å². The number of aryl methyl sites for hydroxylation is 1. The highest BCUT2D eigenvalue weighted by Gasteiger charge is 2.15. The number of halogens is 1. The van der Waals surface area contributed by atoms with Crippen LogP contribution in [0, 0.1) is 0 Å². The summed E-state index contributed by atoms with van der Waals surface area (Å²) in [6.45, 7) is 4.07. The van der Waals surface area contributed by atoms with Gasteiger partial charge in [0.15, 0.2) is 0 Å². The fourth-order valence-electron chi connectivity index (χ4n) is 2.79. The van der Waals surface area contributed by atoms with Crippen LogP contribution in [0.4, 0.5) is 0 Å². The summed E-state index contributed by atoms with van der Waals surface area (Å²) in [6, 6.07) is 7.99. The molecule has 0 amide bonds. The van der Waals surface area contributed by atoms with Gasteiger partial charge in [-0.15, -0.1) is 0 Å². The van der Waals surface area contributed by atoms with E-state index < -0.39 is 0 Å². The Bertz CT molecular complexity index is 586. The zero-order valence-electron chi connectivity index (χ0n) is 12.3. The Morgan fingerprint density at radius 3 is 2.71 bits per heavy atom.